The van der Waals surface area contributed by atoms with Crippen molar-refractivity contribution in [3.63, 3.8) is 0 Å². The van der Waals surface area contributed by atoms with Crippen LogP contribution in [0.1, 0.15) is 59.6 Å². The molecule has 4 N–H and O–H groups in total. The Balaban J connectivity index is 1.15. The predicted octanol–water partition coefficient (Wildman–Crippen LogP) is 2.97. The number of amides is 2. The van der Waals surface area contributed by atoms with Gasteiger partial charge in [0.25, 0.3) is 5.91 Å². The second-order valence-electron chi connectivity index (χ2n) is 10.3. The summed E-state index contributed by atoms with van der Waals surface area (Å²) >= 11 is 0. The van der Waals surface area contributed by atoms with E-state index in [2.05, 4.69) is 26.1 Å². The number of hydrazine groups is 1. The largest absolute Gasteiger partial charge is 0.481 e. The van der Waals surface area contributed by atoms with Gasteiger partial charge in [-0.15, -0.1) is 5.10 Å². The van der Waals surface area contributed by atoms with Crippen LogP contribution in [0.4, 0.5) is 24.7 Å². The van der Waals surface area contributed by atoms with Crippen LogP contribution in [0, 0.1) is 0 Å². The smallest absolute Gasteiger partial charge is 0.417 e. The lowest BCUT2D eigenvalue weighted by molar-refractivity contribution is -0.138. The van der Waals surface area contributed by atoms with Crippen molar-refractivity contribution < 1.29 is 42.1 Å². The minimum Gasteiger partial charge on any atom is -0.481 e. The number of fused-ring (bicyclic) bond motifs is 3. The van der Waals surface area contributed by atoms with Crippen LogP contribution in [0.5, 0.6) is 0 Å². The molecule has 0 spiro atoms. The van der Waals surface area contributed by atoms with Crippen molar-refractivity contribution in [2.24, 2.45) is 5.10 Å². The first-order chi connectivity index (χ1) is 21.5. The lowest BCUT2D eigenvalue weighted by Gasteiger charge is -2.19. The first-order valence-corrected chi connectivity index (χ1v) is 14.5. The minimum absolute atomic E-state index is 0.0989. The average molecular weight is 636 g/mol. The fraction of sp³-hybridized carbons (Fsp3) is 0.483. The second-order valence-corrected chi connectivity index (χ2v) is 10.3. The topological polar surface area (TPSA) is 158 Å². The van der Waals surface area contributed by atoms with Crippen LogP contribution in [0.2, 0.25) is 0 Å². The van der Waals surface area contributed by atoms with Gasteiger partial charge in [0.1, 0.15) is 11.9 Å². The molecule has 16 heteroatoms. The van der Waals surface area contributed by atoms with Crippen LogP contribution in [-0.2, 0) is 25.2 Å². The van der Waals surface area contributed by atoms with Gasteiger partial charge in [-0.2, -0.15) is 13.2 Å². The third-order valence-corrected chi connectivity index (χ3v) is 6.97. The Morgan fingerprint density at radius 2 is 1.69 bits per heavy atom. The van der Waals surface area contributed by atoms with Crippen molar-refractivity contribution in [2.75, 3.05) is 51.5 Å². The SMILES string of the molecule is CN1N=C2C(N1)c1cc(C(=O)NCCOCCOCCNC(=O)CCCCCC(=O)O)ccc1N2c1ccc(C(F)(F)F)cn1. The number of hydrogen-bond acceptors (Lipinski definition) is 10. The Hall–Kier alpha value is -4.28. The number of hydrazone groups is 1. The van der Waals surface area contributed by atoms with Crippen molar-refractivity contribution in [1.29, 1.82) is 0 Å². The van der Waals surface area contributed by atoms with E-state index in [0.29, 0.717) is 69.1 Å². The molecule has 1 aromatic heterocycles. The third kappa shape index (κ3) is 9.36. The molecule has 1 atom stereocenters. The molecule has 0 bridgehead atoms. The summed E-state index contributed by atoms with van der Waals surface area (Å²) in [6.07, 6.45) is -1.36. The second kappa shape index (κ2) is 15.6. The van der Waals surface area contributed by atoms with Gasteiger partial charge < -0.3 is 25.2 Å². The maximum atomic E-state index is 13.0. The van der Waals surface area contributed by atoms with Crippen molar-refractivity contribution in [1.82, 2.24) is 26.2 Å². The van der Waals surface area contributed by atoms with Gasteiger partial charge in [-0.3, -0.25) is 19.3 Å². The number of amidine groups is 1. The number of benzene rings is 1. The van der Waals surface area contributed by atoms with E-state index in [0.717, 1.165) is 17.8 Å². The van der Waals surface area contributed by atoms with E-state index < -0.39 is 23.8 Å². The number of pyridine rings is 1. The number of carboxylic acids is 1. The molecule has 0 radical (unpaired) electrons. The van der Waals surface area contributed by atoms with Gasteiger partial charge in [-0.1, -0.05) is 6.42 Å². The quantitative estimate of drug-likeness (QED) is 0.191. The molecule has 0 saturated carbocycles. The molecule has 13 nitrogen and oxygen atoms in total. The van der Waals surface area contributed by atoms with Crippen LogP contribution in [0.25, 0.3) is 0 Å². The number of carboxylic acid groups (broad SMARTS) is 1. The normalized spacial score (nSPS) is 15.5. The van der Waals surface area contributed by atoms with Gasteiger partial charge >= 0.3 is 12.1 Å². The average Bonchev–Trinajstić information content (AvgIpc) is 3.51. The van der Waals surface area contributed by atoms with Gasteiger partial charge in [0.15, 0.2) is 5.84 Å². The fourth-order valence-electron chi connectivity index (χ4n) is 4.80. The predicted molar refractivity (Wildman–Crippen MR) is 157 cm³/mol. The molecule has 3 heterocycles. The van der Waals surface area contributed by atoms with Gasteiger partial charge in [-0.25, -0.2) is 15.5 Å². The molecule has 4 rings (SSSR count). The lowest BCUT2D eigenvalue weighted by Crippen LogP contribution is -2.30. The number of rotatable bonds is 17. The van der Waals surface area contributed by atoms with E-state index in [1.165, 1.54) is 11.2 Å². The maximum absolute atomic E-state index is 13.0. The number of aliphatic carboxylic acids is 1. The number of carbonyl (C=O) groups is 3. The first kappa shape index (κ1) is 33.6. The number of alkyl halides is 3. The molecule has 2 aromatic rings. The summed E-state index contributed by atoms with van der Waals surface area (Å²) in [7, 11) is 1.69. The van der Waals surface area contributed by atoms with Crippen LogP contribution < -0.4 is 21.0 Å². The molecule has 244 valence electrons. The molecular weight excluding hydrogens is 599 g/mol. The van der Waals surface area contributed by atoms with Crippen LogP contribution in [0.3, 0.4) is 0 Å². The summed E-state index contributed by atoms with van der Waals surface area (Å²) in [6.45, 7) is 1.84. The standard InChI is InChI=1S/C29H36F3N7O6/c1-38-36-26-21-17-19(7-9-22(21)39(27(26)37-38)23-10-8-20(18-35-23)29(30,31)32)28(43)34-12-14-45-16-15-44-13-11-33-24(40)5-3-2-4-6-25(41)42/h7-10,17-18,26,36H,2-6,11-16H2,1H3,(H,33,40)(H,34,43)(H,41,42). The zero-order valence-corrected chi connectivity index (χ0v) is 24.7. The van der Waals surface area contributed by atoms with E-state index in [1.807, 2.05) is 0 Å². The van der Waals surface area contributed by atoms with Crippen molar-refractivity contribution in [3.05, 3.63) is 53.2 Å². The Kier molecular flexibility index (Phi) is 11.7. The van der Waals surface area contributed by atoms with E-state index in [4.69, 9.17) is 14.6 Å². The molecule has 2 aliphatic heterocycles. The molecular formula is C29H36F3N7O6. The highest BCUT2D eigenvalue weighted by atomic mass is 19.4. The molecule has 45 heavy (non-hydrogen) atoms. The summed E-state index contributed by atoms with van der Waals surface area (Å²) < 4.78 is 50.0. The van der Waals surface area contributed by atoms with E-state index in [-0.39, 0.29) is 37.2 Å². The highest BCUT2D eigenvalue weighted by Crippen LogP contribution is 2.43. The maximum Gasteiger partial charge on any atom is 0.417 e. The van der Waals surface area contributed by atoms with Gasteiger partial charge in [-0.05, 0) is 43.2 Å². The number of carbonyl (C=O) groups excluding carboxylic acids is 2. The Morgan fingerprint density at radius 3 is 2.36 bits per heavy atom. The molecule has 0 saturated heterocycles. The highest BCUT2D eigenvalue weighted by molar-refractivity contribution is 6.13. The Morgan fingerprint density at radius 1 is 0.978 bits per heavy atom. The summed E-state index contributed by atoms with van der Waals surface area (Å²) in [5.41, 5.74) is 4.09. The third-order valence-electron chi connectivity index (χ3n) is 6.97. The summed E-state index contributed by atoms with van der Waals surface area (Å²) in [6, 6.07) is 6.91. The summed E-state index contributed by atoms with van der Waals surface area (Å²) in [5, 5.41) is 20.1. The number of nitrogens with one attached hydrogen (secondary N) is 3. The number of halogens is 3. The Labute approximate surface area is 257 Å². The van der Waals surface area contributed by atoms with Gasteiger partial charge in [0, 0.05) is 50.3 Å². The number of aromatic nitrogens is 1. The van der Waals surface area contributed by atoms with Crippen LogP contribution in [-0.4, -0.2) is 85.4 Å². The van der Waals surface area contributed by atoms with Gasteiger partial charge in [0.05, 0.1) is 37.7 Å². The summed E-state index contributed by atoms with van der Waals surface area (Å²) in [4.78, 5) is 40.7. The first-order valence-electron chi connectivity index (χ1n) is 14.5. The minimum atomic E-state index is -4.50. The molecule has 2 aliphatic rings. The fourth-order valence-corrected chi connectivity index (χ4v) is 4.80. The Bertz CT molecular complexity index is 1370. The number of hydrogen-bond donors (Lipinski definition) is 4. The number of anilines is 2. The molecule has 1 aromatic carbocycles. The highest BCUT2D eigenvalue weighted by Gasteiger charge is 2.42. The monoisotopic (exact) mass is 635 g/mol. The number of ether oxygens (including phenoxy) is 2. The van der Waals surface area contributed by atoms with Crippen LogP contribution in [0.15, 0.2) is 41.6 Å². The molecule has 1 unspecified atom stereocenters. The number of nitrogens with zero attached hydrogens (tertiary/aromatic N) is 4. The lowest BCUT2D eigenvalue weighted by atomic mass is 10.0. The van der Waals surface area contributed by atoms with Crippen molar-refractivity contribution in [3.8, 4) is 0 Å². The van der Waals surface area contributed by atoms with Crippen LogP contribution >= 0.6 is 0 Å². The van der Waals surface area contributed by atoms with Crippen molar-refractivity contribution >= 4 is 35.1 Å². The van der Waals surface area contributed by atoms with E-state index >= 15 is 0 Å². The van der Waals surface area contributed by atoms with E-state index in [1.54, 1.807) is 30.1 Å². The molecule has 0 aliphatic carbocycles. The van der Waals surface area contributed by atoms with Crippen molar-refractivity contribution in [2.45, 2.75) is 44.3 Å². The molecule has 2 amide bonds. The zero-order valence-electron chi connectivity index (χ0n) is 24.7. The number of unbranched alkanes of at least 4 members (excludes halogenated alkanes) is 2. The summed E-state index contributed by atoms with van der Waals surface area (Å²) in [5.74, 6) is -0.446. The zero-order chi connectivity index (χ0) is 32.4. The molecule has 0 fully saturated rings. The van der Waals surface area contributed by atoms with E-state index in [9.17, 15) is 27.6 Å². The van der Waals surface area contributed by atoms with Gasteiger partial charge in [0.2, 0.25) is 5.91 Å².